The van der Waals surface area contributed by atoms with Crippen LogP contribution in [0.15, 0.2) is 12.4 Å². The van der Waals surface area contributed by atoms with E-state index < -0.39 is 24.7 Å². The minimum Gasteiger partial charge on any atom is -0.382 e. The highest BCUT2D eigenvalue weighted by Crippen LogP contribution is 2.52. The molecule has 4 rings (SSSR count). The van der Waals surface area contributed by atoms with Crippen LogP contribution in [0.1, 0.15) is 18.4 Å². The molecule has 1 aliphatic carbocycles. The standard InChI is InChI=1S/C18H23ClF3N7O2S/c1-10-2-13(19)29-15(10)16(25-9-26-29)27-7-17(8-27)3-11(4-17)28(32-23)6-14(31)24-5-12(30)18(20,21)22/h2,9,11-12,30H,3-8,23H2,1H3,(H,24,31). The summed E-state index contributed by atoms with van der Waals surface area (Å²) < 4.78 is 40.4. The van der Waals surface area contributed by atoms with Crippen LogP contribution in [0, 0.1) is 12.3 Å². The number of rotatable bonds is 7. The number of aryl methyl sites for hydroxylation is 1. The lowest BCUT2D eigenvalue weighted by atomic mass is 9.60. The van der Waals surface area contributed by atoms with E-state index in [2.05, 4.69) is 20.3 Å². The molecule has 1 unspecified atom stereocenters. The summed E-state index contributed by atoms with van der Waals surface area (Å²) in [6, 6.07) is 1.89. The molecule has 2 aromatic rings. The second-order valence-electron chi connectivity index (χ2n) is 8.45. The maximum absolute atomic E-state index is 12.4. The Labute approximate surface area is 191 Å². The predicted octanol–water partition coefficient (Wildman–Crippen LogP) is 1.52. The number of aromatic nitrogens is 3. The van der Waals surface area contributed by atoms with Gasteiger partial charge in [-0.05, 0) is 31.4 Å². The quantitative estimate of drug-likeness (QED) is 0.498. The third-order valence-electron chi connectivity index (χ3n) is 6.08. The van der Waals surface area contributed by atoms with Crippen molar-refractivity contribution in [3.05, 3.63) is 23.1 Å². The smallest absolute Gasteiger partial charge is 0.382 e. The van der Waals surface area contributed by atoms with Crippen LogP contribution in [0.4, 0.5) is 19.0 Å². The van der Waals surface area contributed by atoms with Gasteiger partial charge in [-0.1, -0.05) is 11.6 Å². The van der Waals surface area contributed by atoms with E-state index in [4.69, 9.17) is 21.8 Å². The maximum atomic E-state index is 12.4. The van der Waals surface area contributed by atoms with E-state index in [-0.39, 0.29) is 18.0 Å². The Morgan fingerprint density at radius 3 is 2.81 bits per heavy atom. The summed E-state index contributed by atoms with van der Waals surface area (Å²) in [5, 5.41) is 21.5. The number of hydrogen-bond acceptors (Lipinski definition) is 8. The summed E-state index contributed by atoms with van der Waals surface area (Å²) in [6.45, 7) is 2.52. The molecule has 2 fully saturated rings. The van der Waals surface area contributed by atoms with Crippen molar-refractivity contribution in [1.29, 1.82) is 0 Å². The number of aliphatic hydroxyl groups is 1. The Morgan fingerprint density at radius 1 is 1.50 bits per heavy atom. The van der Waals surface area contributed by atoms with Crippen LogP contribution >= 0.6 is 23.7 Å². The Morgan fingerprint density at radius 2 is 2.19 bits per heavy atom. The lowest BCUT2D eigenvalue weighted by molar-refractivity contribution is -0.201. The zero-order valence-corrected chi connectivity index (χ0v) is 18.7. The second kappa shape index (κ2) is 8.52. The van der Waals surface area contributed by atoms with Crippen LogP contribution in [-0.2, 0) is 4.79 Å². The van der Waals surface area contributed by atoms with E-state index in [1.54, 1.807) is 8.82 Å². The average molecular weight is 494 g/mol. The van der Waals surface area contributed by atoms with Gasteiger partial charge in [-0.3, -0.25) is 9.93 Å². The molecule has 176 valence electrons. The van der Waals surface area contributed by atoms with Gasteiger partial charge in [0.1, 0.15) is 17.0 Å². The summed E-state index contributed by atoms with van der Waals surface area (Å²) >= 11 is 7.11. The van der Waals surface area contributed by atoms with E-state index in [9.17, 15) is 18.0 Å². The van der Waals surface area contributed by atoms with Gasteiger partial charge in [0.05, 0.1) is 13.1 Å². The third kappa shape index (κ3) is 4.36. The molecule has 32 heavy (non-hydrogen) atoms. The number of aliphatic hydroxyl groups excluding tert-OH is 1. The Kier molecular flexibility index (Phi) is 6.22. The molecule has 1 amide bonds. The van der Waals surface area contributed by atoms with E-state index >= 15 is 0 Å². The third-order valence-corrected chi connectivity index (χ3v) is 7.05. The topological polar surface area (TPSA) is 112 Å². The lowest BCUT2D eigenvalue weighted by Crippen LogP contribution is -2.66. The van der Waals surface area contributed by atoms with Gasteiger partial charge < -0.3 is 15.3 Å². The van der Waals surface area contributed by atoms with Crippen molar-refractivity contribution < 1.29 is 23.1 Å². The summed E-state index contributed by atoms with van der Waals surface area (Å²) in [5.74, 6) is 0.206. The maximum Gasteiger partial charge on any atom is 0.416 e. The summed E-state index contributed by atoms with van der Waals surface area (Å²) in [7, 11) is 0. The van der Waals surface area contributed by atoms with Gasteiger partial charge >= 0.3 is 6.18 Å². The van der Waals surface area contributed by atoms with Gasteiger partial charge in [-0.15, -0.1) is 0 Å². The molecule has 2 aromatic heterocycles. The number of carbonyl (C=O) groups excluding carboxylic acids is 1. The van der Waals surface area contributed by atoms with Crippen LogP contribution in [0.2, 0.25) is 5.15 Å². The molecular weight excluding hydrogens is 471 g/mol. The highest BCUT2D eigenvalue weighted by Gasteiger charge is 2.54. The zero-order valence-electron chi connectivity index (χ0n) is 17.1. The molecular formula is C18H23ClF3N7O2S. The molecule has 9 nitrogen and oxygen atoms in total. The Bertz CT molecular complexity index is 1010. The van der Waals surface area contributed by atoms with Crippen molar-refractivity contribution in [2.24, 2.45) is 10.6 Å². The van der Waals surface area contributed by atoms with E-state index in [1.807, 2.05) is 13.0 Å². The number of carbonyl (C=O) groups is 1. The number of amides is 1. The molecule has 0 radical (unpaired) electrons. The predicted molar refractivity (Wildman–Crippen MR) is 114 cm³/mol. The number of halogens is 4. The zero-order chi connectivity index (χ0) is 23.3. The Hall–Kier alpha value is -1.80. The number of hydrogen-bond donors (Lipinski definition) is 3. The molecule has 1 saturated carbocycles. The minimum absolute atomic E-state index is 0.0420. The van der Waals surface area contributed by atoms with Crippen molar-refractivity contribution in [3.63, 3.8) is 0 Å². The van der Waals surface area contributed by atoms with E-state index in [1.165, 1.54) is 6.33 Å². The number of fused-ring (bicyclic) bond motifs is 1. The highest BCUT2D eigenvalue weighted by molar-refractivity contribution is 7.94. The van der Waals surface area contributed by atoms with Gasteiger partial charge in [-0.2, -0.15) is 18.3 Å². The molecule has 3 heterocycles. The number of alkyl halides is 3. The first-order chi connectivity index (χ1) is 15.0. The molecule has 1 saturated heterocycles. The first-order valence-electron chi connectivity index (χ1n) is 9.92. The monoisotopic (exact) mass is 493 g/mol. The number of nitrogens with one attached hydrogen (secondary N) is 1. The number of anilines is 1. The van der Waals surface area contributed by atoms with Crippen molar-refractivity contribution in [3.8, 4) is 0 Å². The molecule has 14 heteroatoms. The first-order valence-corrected chi connectivity index (χ1v) is 11.1. The summed E-state index contributed by atoms with van der Waals surface area (Å²) in [6.07, 6.45) is -4.26. The SMILES string of the molecule is Cc1cc(Cl)n2ncnc(N3CC4(CC(N(CC(=O)NCC(O)C(F)(F)F)SN)C4)C3)c12. The van der Waals surface area contributed by atoms with Gasteiger partial charge in [0.25, 0.3) is 0 Å². The van der Waals surface area contributed by atoms with E-state index in [0.29, 0.717) is 5.15 Å². The van der Waals surface area contributed by atoms with Crippen LogP contribution in [0.25, 0.3) is 5.52 Å². The minimum atomic E-state index is -4.77. The number of nitrogens with two attached hydrogens (primary N) is 1. The summed E-state index contributed by atoms with van der Waals surface area (Å²) in [5.41, 5.74) is 1.96. The second-order valence-corrected chi connectivity index (χ2v) is 9.52. The van der Waals surface area contributed by atoms with Crippen molar-refractivity contribution >= 4 is 41.0 Å². The lowest BCUT2D eigenvalue weighted by Gasteiger charge is -2.60. The number of nitrogens with zero attached hydrogens (tertiary/aromatic N) is 5. The van der Waals surface area contributed by atoms with Crippen molar-refractivity contribution in [2.75, 3.05) is 31.1 Å². The normalized spacial score (nSPS) is 19.3. The van der Waals surface area contributed by atoms with Crippen LogP contribution in [0.3, 0.4) is 0 Å². The van der Waals surface area contributed by atoms with Crippen LogP contribution in [-0.4, -0.2) is 74.4 Å². The van der Waals surface area contributed by atoms with Crippen LogP contribution < -0.4 is 15.4 Å². The van der Waals surface area contributed by atoms with Crippen molar-refractivity contribution in [1.82, 2.24) is 24.2 Å². The molecule has 1 aliphatic heterocycles. The van der Waals surface area contributed by atoms with Gasteiger partial charge in [-0.25, -0.2) is 13.8 Å². The van der Waals surface area contributed by atoms with Gasteiger partial charge in [0.15, 0.2) is 11.9 Å². The highest BCUT2D eigenvalue weighted by atomic mass is 35.5. The fourth-order valence-corrected chi connectivity index (χ4v) is 5.29. The average Bonchev–Trinajstić information content (AvgIpc) is 2.96. The van der Waals surface area contributed by atoms with Gasteiger partial charge in [0.2, 0.25) is 5.91 Å². The molecule has 4 N–H and O–H groups in total. The molecule has 2 aliphatic rings. The summed E-state index contributed by atoms with van der Waals surface area (Å²) in [4.78, 5) is 18.6. The van der Waals surface area contributed by atoms with Crippen LogP contribution in [0.5, 0.6) is 0 Å². The van der Waals surface area contributed by atoms with Crippen molar-refractivity contribution in [2.45, 2.75) is 38.1 Å². The molecule has 1 spiro atoms. The fraction of sp³-hybridized carbons (Fsp3) is 0.611. The fourth-order valence-electron chi connectivity index (χ4n) is 4.48. The largest absolute Gasteiger partial charge is 0.416 e. The van der Waals surface area contributed by atoms with E-state index in [0.717, 1.165) is 55.0 Å². The van der Waals surface area contributed by atoms with Gasteiger partial charge in [0, 0.05) is 36.7 Å². The molecule has 1 atom stereocenters. The molecule has 0 bridgehead atoms. The Balaban J connectivity index is 1.29. The first kappa shape index (κ1) is 23.4. The molecule has 0 aromatic carbocycles.